The second kappa shape index (κ2) is 5.03. The maximum absolute atomic E-state index is 13.5. The minimum absolute atomic E-state index is 0.291. The zero-order valence-corrected chi connectivity index (χ0v) is 10.1. The minimum Gasteiger partial charge on any atom is -0.491 e. The van der Waals surface area contributed by atoms with Crippen molar-refractivity contribution in [2.75, 3.05) is 19.5 Å². The highest BCUT2D eigenvalue weighted by Crippen LogP contribution is 2.23. The predicted molar refractivity (Wildman–Crippen MR) is 63.8 cm³/mol. The molecular weight excluding hydrogens is 240 g/mol. The second-order valence-corrected chi connectivity index (χ2v) is 3.77. The minimum atomic E-state index is -0.714. The van der Waals surface area contributed by atoms with Crippen LogP contribution < -0.4 is 10.1 Å². The molecule has 1 aromatic carbocycles. The van der Waals surface area contributed by atoms with E-state index in [4.69, 9.17) is 0 Å². The van der Waals surface area contributed by atoms with Crippen LogP contribution in [0.25, 0.3) is 0 Å². The fourth-order valence-corrected chi connectivity index (χ4v) is 1.66. The molecule has 0 saturated heterocycles. The van der Waals surface area contributed by atoms with Gasteiger partial charge in [-0.2, -0.15) is 5.10 Å². The van der Waals surface area contributed by atoms with Crippen molar-refractivity contribution in [2.45, 2.75) is 6.54 Å². The molecule has 0 bridgehead atoms. The van der Waals surface area contributed by atoms with Crippen LogP contribution in [0, 0.1) is 11.6 Å². The average Bonchev–Trinajstić information content (AvgIpc) is 2.76. The van der Waals surface area contributed by atoms with E-state index in [1.165, 1.54) is 19.2 Å². The van der Waals surface area contributed by atoms with E-state index < -0.39 is 11.6 Å². The van der Waals surface area contributed by atoms with Crippen LogP contribution in [-0.4, -0.2) is 23.9 Å². The van der Waals surface area contributed by atoms with Crippen molar-refractivity contribution in [3.8, 4) is 5.75 Å². The quantitative estimate of drug-likeness (QED) is 0.908. The highest BCUT2D eigenvalue weighted by atomic mass is 19.1. The third-order valence-corrected chi connectivity index (χ3v) is 2.53. The van der Waals surface area contributed by atoms with Crippen LogP contribution in [0.4, 0.5) is 14.5 Å². The summed E-state index contributed by atoms with van der Waals surface area (Å²) in [6.07, 6.45) is 3.39. The van der Waals surface area contributed by atoms with E-state index in [-0.39, 0.29) is 5.75 Å². The Bertz CT molecular complexity index is 531. The normalized spacial score (nSPS) is 10.4. The molecule has 1 aromatic heterocycles. The maximum atomic E-state index is 13.5. The molecule has 0 spiro atoms. The Morgan fingerprint density at radius 1 is 1.33 bits per heavy atom. The van der Waals surface area contributed by atoms with Gasteiger partial charge in [-0.25, -0.2) is 8.78 Å². The van der Waals surface area contributed by atoms with Crippen molar-refractivity contribution in [3.63, 3.8) is 0 Å². The monoisotopic (exact) mass is 253 g/mol. The van der Waals surface area contributed by atoms with Gasteiger partial charge in [-0.3, -0.25) is 4.68 Å². The Labute approximate surface area is 103 Å². The summed E-state index contributed by atoms with van der Waals surface area (Å²) in [5.41, 5.74) is 1.32. The molecule has 1 heterocycles. The summed E-state index contributed by atoms with van der Waals surface area (Å²) in [7, 11) is 3.00. The molecule has 1 N–H and O–H groups in total. The largest absolute Gasteiger partial charge is 0.491 e. The summed E-state index contributed by atoms with van der Waals surface area (Å²) in [5, 5.41) is 6.98. The first-order valence-corrected chi connectivity index (χ1v) is 5.36. The molecule has 96 valence electrons. The van der Waals surface area contributed by atoms with Crippen molar-refractivity contribution in [1.82, 2.24) is 9.78 Å². The van der Waals surface area contributed by atoms with Gasteiger partial charge in [0.1, 0.15) is 0 Å². The van der Waals surface area contributed by atoms with Crippen LogP contribution in [0.5, 0.6) is 5.75 Å². The standard InChI is InChI=1S/C12H13F2N3O/c1-15-9-5-16-17(7-9)6-8-3-10(13)12(18-2)11(14)4-8/h3-5,7,15H,6H2,1-2H3. The van der Waals surface area contributed by atoms with Gasteiger partial charge in [-0.05, 0) is 17.7 Å². The number of methoxy groups -OCH3 is 1. The van der Waals surface area contributed by atoms with E-state index >= 15 is 0 Å². The molecule has 2 aromatic rings. The van der Waals surface area contributed by atoms with Gasteiger partial charge in [-0.15, -0.1) is 0 Å². The van der Waals surface area contributed by atoms with Crippen LogP contribution in [0.2, 0.25) is 0 Å². The SMILES string of the molecule is CNc1cnn(Cc2cc(F)c(OC)c(F)c2)c1. The third-order valence-electron chi connectivity index (χ3n) is 2.53. The lowest BCUT2D eigenvalue weighted by atomic mass is 10.2. The molecule has 0 fully saturated rings. The Morgan fingerprint density at radius 3 is 2.50 bits per heavy atom. The zero-order valence-electron chi connectivity index (χ0n) is 10.1. The number of ether oxygens (including phenoxy) is 1. The Kier molecular flexibility index (Phi) is 3.45. The van der Waals surface area contributed by atoms with Crippen molar-refractivity contribution >= 4 is 5.69 Å². The first-order chi connectivity index (χ1) is 8.63. The van der Waals surface area contributed by atoms with Gasteiger partial charge < -0.3 is 10.1 Å². The summed E-state index contributed by atoms with van der Waals surface area (Å²) in [6, 6.07) is 2.48. The van der Waals surface area contributed by atoms with Crippen LogP contribution in [0.3, 0.4) is 0 Å². The first kappa shape index (κ1) is 12.3. The summed E-state index contributed by atoms with van der Waals surface area (Å²) < 4.78 is 33.2. The number of halogens is 2. The van der Waals surface area contributed by atoms with Crippen LogP contribution in [0.15, 0.2) is 24.5 Å². The van der Waals surface area contributed by atoms with Gasteiger partial charge in [0.05, 0.1) is 25.5 Å². The molecule has 4 nitrogen and oxygen atoms in total. The molecule has 0 aliphatic carbocycles. The van der Waals surface area contributed by atoms with Crippen molar-refractivity contribution in [3.05, 3.63) is 41.7 Å². The van der Waals surface area contributed by atoms with Crippen LogP contribution >= 0.6 is 0 Å². The molecule has 0 radical (unpaired) electrons. The molecule has 0 unspecified atom stereocenters. The predicted octanol–water partition coefficient (Wildman–Crippen LogP) is 2.26. The number of aromatic nitrogens is 2. The number of nitrogens with zero attached hydrogens (tertiary/aromatic N) is 2. The van der Waals surface area contributed by atoms with E-state index in [1.807, 2.05) is 0 Å². The second-order valence-electron chi connectivity index (χ2n) is 3.77. The number of hydrogen-bond acceptors (Lipinski definition) is 3. The topological polar surface area (TPSA) is 39.1 Å². The van der Waals surface area contributed by atoms with Gasteiger partial charge in [0.2, 0.25) is 0 Å². The van der Waals surface area contributed by atoms with Crippen molar-refractivity contribution in [1.29, 1.82) is 0 Å². The average molecular weight is 253 g/mol. The smallest absolute Gasteiger partial charge is 0.190 e. The molecule has 2 rings (SSSR count). The number of nitrogens with one attached hydrogen (secondary N) is 1. The van der Waals surface area contributed by atoms with Gasteiger partial charge in [0.15, 0.2) is 17.4 Å². The molecule has 6 heteroatoms. The zero-order chi connectivity index (χ0) is 13.1. The summed E-state index contributed by atoms with van der Waals surface area (Å²) in [4.78, 5) is 0. The molecule has 0 aliphatic heterocycles. The van der Waals surface area contributed by atoms with Gasteiger partial charge in [-0.1, -0.05) is 0 Å². The van der Waals surface area contributed by atoms with Crippen LogP contribution in [0.1, 0.15) is 5.56 Å². The molecule has 0 amide bonds. The lowest BCUT2D eigenvalue weighted by Gasteiger charge is -2.07. The molecule has 0 aliphatic rings. The summed E-state index contributed by atoms with van der Waals surface area (Å²) >= 11 is 0. The summed E-state index contributed by atoms with van der Waals surface area (Å²) in [6.45, 7) is 0.291. The number of benzene rings is 1. The molecule has 0 saturated carbocycles. The molecular formula is C12H13F2N3O. The van der Waals surface area contributed by atoms with Gasteiger partial charge in [0.25, 0.3) is 0 Å². The maximum Gasteiger partial charge on any atom is 0.190 e. The van der Waals surface area contributed by atoms with Crippen LogP contribution in [-0.2, 0) is 6.54 Å². The Balaban J connectivity index is 2.24. The first-order valence-electron chi connectivity index (χ1n) is 5.36. The lowest BCUT2D eigenvalue weighted by molar-refractivity contribution is 0.359. The highest BCUT2D eigenvalue weighted by molar-refractivity contribution is 5.37. The number of hydrogen-bond donors (Lipinski definition) is 1. The fraction of sp³-hybridized carbons (Fsp3) is 0.250. The molecule has 18 heavy (non-hydrogen) atoms. The fourth-order valence-electron chi connectivity index (χ4n) is 1.66. The van der Waals surface area contributed by atoms with Gasteiger partial charge >= 0.3 is 0 Å². The van der Waals surface area contributed by atoms with E-state index in [2.05, 4.69) is 15.2 Å². The Morgan fingerprint density at radius 2 is 2.00 bits per heavy atom. The van der Waals surface area contributed by atoms with Crippen molar-refractivity contribution in [2.24, 2.45) is 0 Å². The highest BCUT2D eigenvalue weighted by Gasteiger charge is 2.11. The van der Waals surface area contributed by atoms with E-state index in [9.17, 15) is 8.78 Å². The molecule has 0 atom stereocenters. The third kappa shape index (κ3) is 2.42. The van der Waals surface area contributed by atoms with E-state index in [1.54, 1.807) is 24.1 Å². The lowest BCUT2D eigenvalue weighted by Crippen LogP contribution is -2.02. The Hall–Kier alpha value is -2.11. The number of anilines is 1. The van der Waals surface area contributed by atoms with E-state index in [0.717, 1.165) is 5.69 Å². The number of rotatable bonds is 4. The summed E-state index contributed by atoms with van der Waals surface area (Å²) in [5.74, 6) is -1.79. The van der Waals surface area contributed by atoms with E-state index in [0.29, 0.717) is 12.1 Å². The van der Waals surface area contributed by atoms with Gasteiger partial charge in [0, 0.05) is 13.2 Å². The van der Waals surface area contributed by atoms with Crippen molar-refractivity contribution < 1.29 is 13.5 Å².